The van der Waals surface area contributed by atoms with Crippen molar-refractivity contribution in [2.24, 2.45) is 0 Å². The zero-order chi connectivity index (χ0) is 10.8. The summed E-state index contributed by atoms with van der Waals surface area (Å²) in [7, 11) is 0. The van der Waals surface area contributed by atoms with E-state index in [2.05, 4.69) is 9.97 Å². The van der Waals surface area contributed by atoms with Crippen LogP contribution in [0.5, 0.6) is 5.88 Å². The van der Waals surface area contributed by atoms with Gasteiger partial charge in [0.25, 0.3) is 0 Å². The van der Waals surface area contributed by atoms with Gasteiger partial charge in [-0.15, -0.1) is 0 Å². The summed E-state index contributed by atoms with van der Waals surface area (Å²) in [5.74, 6) is 0.230. The Hall–Kier alpha value is -1.65. The Bertz CT molecular complexity index is 388. The van der Waals surface area contributed by atoms with Crippen LogP contribution in [0, 0.1) is 0 Å². The van der Waals surface area contributed by atoms with Gasteiger partial charge in [-0.25, -0.2) is 9.78 Å². The fourth-order valence-corrected chi connectivity index (χ4v) is 1.30. The second-order valence-electron chi connectivity index (χ2n) is 3.46. The Morgan fingerprint density at radius 1 is 1.60 bits per heavy atom. The number of hydrogen-bond donors (Lipinski definition) is 1. The van der Waals surface area contributed by atoms with Crippen LogP contribution in [0.25, 0.3) is 0 Å². The standard InChI is InChI=1S/C10H12N2O3/c1-2-15-8-5-7(10(13)14)11-9(12-8)6-3-4-6/h5-6H,2-4H2,1H3,(H,13,14). The molecule has 5 heteroatoms. The molecular weight excluding hydrogens is 196 g/mol. The Balaban J connectivity index is 2.34. The molecule has 1 fully saturated rings. The number of carbonyl (C=O) groups is 1. The molecule has 0 radical (unpaired) electrons. The molecule has 0 saturated heterocycles. The molecule has 0 spiro atoms. The molecule has 0 aliphatic heterocycles. The minimum Gasteiger partial charge on any atom is -0.478 e. The van der Waals surface area contributed by atoms with Crippen molar-refractivity contribution in [3.05, 3.63) is 17.6 Å². The zero-order valence-corrected chi connectivity index (χ0v) is 8.43. The molecule has 15 heavy (non-hydrogen) atoms. The van der Waals surface area contributed by atoms with E-state index in [1.807, 2.05) is 6.92 Å². The summed E-state index contributed by atoms with van der Waals surface area (Å²) in [5.41, 5.74) is 0.00958. The molecule has 1 N–H and O–H groups in total. The van der Waals surface area contributed by atoms with Gasteiger partial charge in [0.15, 0.2) is 5.69 Å². The van der Waals surface area contributed by atoms with E-state index >= 15 is 0 Å². The van der Waals surface area contributed by atoms with Gasteiger partial charge in [0.1, 0.15) is 5.82 Å². The normalized spacial score (nSPS) is 15.0. The second kappa shape index (κ2) is 3.84. The van der Waals surface area contributed by atoms with Crippen molar-refractivity contribution in [1.29, 1.82) is 0 Å². The number of carboxylic acids is 1. The van der Waals surface area contributed by atoms with E-state index in [1.54, 1.807) is 0 Å². The van der Waals surface area contributed by atoms with Crippen molar-refractivity contribution < 1.29 is 14.6 Å². The summed E-state index contributed by atoms with van der Waals surface area (Å²) in [5, 5.41) is 8.86. The predicted octanol–water partition coefficient (Wildman–Crippen LogP) is 1.45. The summed E-state index contributed by atoms with van der Waals surface area (Å²) in [6, 6.07) is 1.36. The zero-order valence-electron chi connectivity index (χ0n) is 8.43. The number of aromatic carboxylic acids is 1. The average Bonchev–Trinajstić information content (AvgIpc) is 3.01. The fourth-order valence-electron chi connectivity index (χ4n) is 1.30. The lowest BCUT2D eigenvalue weighted by molar-refractivity contribution is 0.0689. The third kappa shape index (κ3) is 2.23. The number of rotatable bonds is 4. The predicted molar refractivity (Wildman–Crippen MR) is 52.1 cm³/mol. The van der Waals surface area contributed by atoms with Crippen LogP contribution >= 0.6 is 0 Å². The topological polar surface area (TPSA) is 72.3 Å². The lowest BCUT2D eigenvalue weighted by Crippen LogP contribution is -2.07. The van der Waals surface area contributed by atoms with Crippen LogP contribution in [0.15, 0.2) is 6.07 Å². The molecule has 2 rings (SSSR count). The number of hydrogen-bond acceptors (Lipinski definition) is 4. The summed E-state index contributed by atoms with van der Waals surface area (Å²) in [6.07, 6.45) is 2.07. The van der Waals surface area contributed by atoms with Crippen LogP contribution < -0.4 is 4.74 Å². The first kappa shape index (κ1) is 9.89. The Morgan fingerprint density at radius 3 is 2.87 bits per heavy atom. The van der Waals surface area contributed by atoms with E-state index in [4.69, 9.17) is 9.84 Å². The minimum atomic E-state index is -1.04. The van der Waals surface area contributed by atoms with Crippen molar-refractivity contribution in [2.45, 2.75) is 25.7 Å². The summed E-state index contributed by atoms with van der Waals surface area (Å²) in [4.78, 5) is 19.0. The maximum absolute atomic E-state index is 10.8. The Kier molecular flexibility index (Phi) is 2.53. The van der Waals surface area contributed by atoms with Gasteiger partial charge in [0.05, 0.1) is 6.61 Å². The van der Waals surface area contributed by atoms with E-state index in [-0.39, 0.29) is 5.69 Å². The smallest absolute Gasteiger partial charge is 0.354 e. The van der Waals surface area contributed by atoms with E-state index in [0.717, 1.165) is 12.8 Å². The molecule has 1 aliphatic carbocycles. The van der Waals surface area contributed by atoms with Crippen molar-refractivity contribution >= 4 is 5.97 Å². The number of carboxylic acid groups (broad SMARTS) is 1. The number of nitrogens with zero attached hydrogens (tertiary/aromatic N) is 2. The van der Waals surface area contributed by atoms with Gasteiger partial charge in [-0.05, 0) is 19.8 Å². The van der Waals surface area contributed by atoms with Gasteiger partial charge < -0.3 is 9.84 Å². The molecule has 0 amide bonds. The van der Waals surface area contributed by atoms with E-state index in [0.29, 0.717) is 24.2 Å². The highest BCUT2D eigenvalue weighted by molar-refractivity contribution is 5.85. The van der Waals surface area contributed by atoms with Crippen LogP contribution in [0.3, 0.4) is 0 Å². The molecule has 1 heterocycles. The summed E-state index contributed by atoms with van der Waals surface area (Å²) in [6.45, 7) is 2.31. The lowest BCUT2D eigenvalue weighted by Gasteiger charge is -2.05. The molecule has 1 aliphatic rings. The van der Waals surface area contributed by atoms with E-state index < -0.39 is 5.97 Å². The molecular formula is C10H12N2O3. The maximum atomic E-state index is 10.8. The molecule has 1 aromatic rings. The van der Waals surface area contributed by atoms with Crippen LogP contribution in [0.4, 0.5) is 0 Å². The highest BCUT2D eigenvalue weighted by Gasteiger charge is 2.28. The fraction of sp³-hybridized carbons (Fsp3) is 0.500. The SMILES string of the molecule is CCOc1cc(C(=O)O)nc(C2CC2)n1. The van der Waals surface area contributed by atoms with Crippen LogP contribution in [0.2, 0.25) is 0 Å². The third-order valence-corrected chi connectivity index (χ3v) is 2.17. The average molecular weight is 208 g/mol. The van der Waals surface area contributed by atoms with Crippen molar-refractivity contribution in [3.8, 4) is 5.88 Å². The second-order valence-corrected chi connectivity index (χ2v) is 3.46. The van der Waals surface area contributed by atoms with Gasteiger partial charge in [0.2, 0.25) is 5.88 Å². The maximum Gasteiger partial charge on any atom is 0.354 e. The summed E-state index contributed by atoms with van der Waals surface area (Å²) < 4.78 is 5.20. The van der Waals surface area contributed by atoms with Crippen LogP contribution in [0.1, 0.15) is 42.0 Å². The van der Waals surface area contributed by atoms with Crippen molar-refractivity contribution in [3.63, 3.8) is 0 Å². The molecule has 0 unspecified atom stereocenters. The number of ether oxygens (including phenoxy) is 1. The highest BCUT2D eigenvalue weighted by atomic mass is 16.5. The highest BCUT2D eigenvalue weighted by Crippen LogP contribution is 2.38. The van der Waals surface area contributed by atoms with Gasteiger partial charge in [-0.2, -0.15) is 4.98 Å². The molecule has 1 saturated carbocycles. The van der Waals surface area contributed by atoms with Gasteiger partial charge in [-0.3, -0.25) is 0 Å². The van der Waals surface area contributed by atoms with Crippen molar-refractivity contribution in [1.82, 2.24) is 9.97 Å². The first-order chi connectivity index (χ1) is 7.20. The molecule has 5 nitrogen and oxygen atoms in total. The lowest BCUT2D eigenvalue weighted by atomic mass is 10.3. The van der Waals surface area contributed by atoms with Crippen LogP contribution in [-0.2, 0) is 0 Å². The summed E-state index contributed by atoms with van der Waals surface area (Å²) >= 11 is 0. The minimum absolute atomic E-state index is 0.00958. The van der Waals surface area contributed by atoms with E-state index in [1.165, 1.54) is 6.07 Å². The Morgan fingerprint density at radius 2 is 2.33 bits per heavy atom. The first-order valence-corrected chi connectivity index (χ1v) is 4.95. The molecule has 0 aromatic carbocycles. The van der Waals surface area contributed by atoms with Gasteiger partial charge >= 0.3 is 5.97 Å². The first-order valence-electron chi connectivity index (χ1n) is 4.95. The van der Waals surface area contributed by atoms with Crippen LogP contribution in [-0.4, -0.2) is 27.7 Å². The largest absolute Gasteiger partial charge is 0.478 e. The quantitative estimate of drug-likeness (QED) is 0.810. The Labute approximate surface area is 87.1 Å². The van der Waals surface area contributed by atoms with Crippen molar-refractivity contribution in [2.75, 3.05) is 6.61 Å². The van der Waals surface area contributed by atoms with E-state index in [9.17, 15) is 4.79 Å². The molecule has 0 bridgehead atoms. The number of aromatic nitrogens is 2. The molecule has 0 atom stereocenters. The molecule has 80 valence electrons. The van der Waals surface area contributed by atoms with Gasteiger partial charge in [-0.1, -0.05) is 0 Å². The van der Waals surface area contributed by atoms with Gasteiger partial charge in [0, 0.05) is 12.0 Å². The third-order valence-electron chi connectivity index (χ3n) is 2.17. The molecule has 1 aromatic heterocycles. The monoisotopic (exact) mass is 208 g/mol.